The molecule has 1 unspecified atom stereocenters. The smallest absolute Gasteiger partial charge is 0.243 e. The van der Waals surface area contributed by atoms with Crippen molar-refractivity contribution in [3.8, 4) is 5.69 Å². The van der Waals surface area contributed by atoms with Gasteiger partial charge >= 0.3 is 0 Å². The van der Waals surface area contributed by atoms with Crippen molar-refractivity contribution in [3.05, 3.63) is 78.6 Å². The highest BCUT2D eigenvalue weighted by atomic mass is 32.2. The lowest BCUT2D eigenvalue weighted by Crippen LogP contribution is -2.45. The van der Waals surface area contributed by atoms with Gasteiger partial charge in [-0.25, -0.2) is 17.8 Å². The second-order valence-corrected chi connectivity index (χ2v) is 8.95. The summed E-state index contributed by atoms with van der Waals surface area (Å²) in [7, 11) is -3.75. The first kappa shape index (κ1) is 20.2. The van der Waals surface area contributed by atoms with Crippen LogP contribution in [0.5, 0.6) is 0 Å². The zero-order chi connectivity index (χ0) is 21.1. The molecule has 3 aromatic rings. The lowest BCUT2D eigenvalue weighted by molar-refractivity contribution is -0.124. The summed E-state index contributed by atoms with van der Waals surface area (Å²) < 4.78 is 43.0. The molecule has 0 aliphatic carbocycles. The Morgan fingerprint density at radius 1 is 1.20 bits per heavy atom. The van der Waals surface area contributed by atoms with E-state index in [1.165, 1.54) is 28.8 Å². The predicted molar refractivity (Wildman–Crippen MR) is 109 cm³/mol. The summed E-state index contributed by atoms with van der Waals surface area (Å²) in [5.41, 5.74) is 0.943. The van der Waals surface area contributed by atoms with E-state index in [9.17, 15) is 17.6 Å². The number of carbonyl (C=O) groups excluding carboxylic acids is 1. The zero-order valence-corrected chi connectivity index (χ0v) is 16.9. The monoisotopic (exact) mass is 428 g/mol. The van der Waals surface area contributed by atoms with Crippen LogP contribution in [0.4, 0.5) is 4.39 Å². The van der Waals surface area contributed by atoms with Crippen molar-refractivity contribution in [2.75, 3.05) is 6.54 Å². The van der Waals surface area contributed by atoms with Gasteiger partial charge in [0.25, 0.3) is 0 Å². The third kappa shape index (κ3) is 3.99. The first-order chi connectivity index (χ1) is 14.5. The molecule has 9 heteroatoms. The molecule has 1 saturated heterocycles. The van der Waals surface area contributed by atoms with Gasteiger partial charge in [0.05, 0.1) is 16.9 Å². The Morgan fingerprint density at radius 3 is 2.70 bits per heavy atom. The van der Waals surface area contributed by atoms with Crippen molar-refractivity contribution in [1.82, 2.24) is 19.2 Å². The van der Waals surface area contributed by atoms with Gasteiger partial charge in [0.15, 0.2) is 0 Å². The van der Waals surface area contributed by atoms with Crippen LogP contribution in [0.1, 0.15) is 18.4 Å². The van der Waals surface area contributed by atoms with Gasteiger partial charge < -0.3 is 9.88 Å². The minimum Gasteiger partial charge on any atom is -0.351 e. The van der Waals surface area contributed by atoms with Gasteiger partial charge in [-0.15, -0.1) is 0 Å². The largest absolute Gasteiger partial charge is 0.351 e. The highest BCUT2D eigenvalue weighted by molar-refractivity contribution is 7.89. The van der Waals surface area contributed by atoms with Crippen LogP contribution < -0.4 is 5.32 Å². The molecule has 30 heavy (non-hydrogen) atoms. The first-order valence-electron chi connectivity index (χ1n) is 9.58. The number of imidazole rings is 1. The normalized spacial score (nSPS) is 17.2. The van der Waals surface area contributed by atoms with Gasteiger partial charge in [0.2, 0.25) is 15.9 Å². The Kier molecular flexibility index (Phi) is 5.65. The van der Waals surface area contributed by atoms with Crippen molar-refractivity contribution in [2.45, 2.75) is 30.3 Å². The van der Waals surface area contributed by atoms with Crippen LogP contribution in [0.15, 0.2) is 72.1 Å². The van der Waals surface area contributed by atoms with Crippen LogP contribution in [0.2, 0.25) is 0 Å². The maximum absolute atomic E-state index is 14.4. The molecule has 1 aliphatic heterocycles. The van der Waals surface area contributed by atoms with Crippen molar-refractivity contribution in [3.63, 3.8) is 0 Å². The van der Waals surface area contributed by atoms with Crippen LogP contribution in [-0.4, -0.2) is 40.8 Å². The van der Waals surface area contributed by atoms with Crippen LogP contribution in [0.25, 0.3) is 5.69 Å². The number of hydrogen-bond acceptors (Lipinski definition) is 4. The Hall–Kier alpha value is -3.04. The molecule has 156 valence electrons. The van der Waals surface area contributed by atoms with Crippen molar-refractivity contribution in [1.29, 1.82) is 0 Å². The standard InChI is InChI=1S/C21H21FN4O3S/c22-18-13-16(8-9-19(18)25-12-10-23-15-25)14-24-21(27)20-7-4-11-26(20)30(28,29)17-5-2-1-3-6-17/h1-3,5-6,8-10,12-13,15,20H,4,7,11,14H2,(H,24,27). The highest BCUT2D eigenvalue weighted by Gasteiger charge is 2.39. The van der Waals surface area contributed by atoms with Gasteiger partial charge in [0, 0.05) is 25.5 Å². The third-order valence-electron chi connectivity index (χ3n) is 5.12. The number of carbonyl (C=O) groups is 1. The molecule has 1 N–H and O–H groups in total. The highest BCUT2D eigenvalue weighted by Crippen LogP contribution is 2.26. The van der Waals surface area contributed by atoms with E-state index in [0.717, 1.165) is 0 Å². The quantitative estimate of drug-likeness (QED) is 0.654. The summed E-state index contributed by atoms with van der Waals surface area (Å²) in [6.07, 6.45) is 5.76. The lowest BCUT2D eigenvalue weighted by atomic mass is 10.1. The SMILES string of the molecule is O=C(NCc1ccc(-n2ccnc2)c(F)c1)C1CCCN1S(=O)(=O)c1ccccc1. The Labute approximate surface area is 174 Å². The molecule has 1 aliphatic rings. The number of sulfonamides is 1. The second kappa shape index (κ2) is 8.37. The molecule has 0 spiro atoms. The maximum Gasteiger partial charge on any atom is 0.243 e. The molecule has 0 bridgehead atoms. The number of benzene rings is 2. The van der Waals surface area contributed by atoms with Gasteiger partial charge in [-0.05, 0) is 42.7 Å². The fourth-order valence-corrected chi connectivity index (χ4v) is 5.27. The van der Waals surface area contributed by atoms with E-state index in [-0.39, 0.29) is 17.3 Å². The molecule has 1 aromatic heterocycles. The molecule has 4 rings (SSSR count). The van der Waals surface area contributed by atoms with E-state index in [0.29, 0.717) is 30.6 Å². The summed E-state index contributed by atoms with van der Waals surface area (Å²) in [5, 5.41) is 2.75. The number of aromatic nitrogens is 2. The van der Waals surface area contributed by atoms with Crippen LogP contribution in [-0.2, 0) is 21.4 Å². The van der Waals surface area contributed by atoms with Gasteiger partial charge in [-0.1, -0.05) is 24.3 Å². The maximum atomic E-state index is 14.4. The zero-order valence-electron chi connectivity index (χ0n) is 16.1. The number of nitrogens with one attached hydrogen (secondary N) is 1. The van der Waals surface area contributed by atoms with E-state index < -0.39 is 21.9 Å². The summed E-state index contributed by atoms with van der Waals surface area (Å²) in [6, 6.07) is 12.0. The summed E-state index contributed by atoms with van der Waals surface area (Å²) in [4.78, 5) is 16.8. The summed E-state index contributed by atoms with van der Waals surface area (Å²) in [6.45, 7) is 0.402. The molecule has 0 saturated carbocycles. The van der Waals surface area contributed by atoms with E-state index in [1.54, 1.807) is 47.3 Å². The van der Waals surface area contributed by atoms with Crippen LogP contribution in [0, 0.1) is 5.82 Å². The number of rotatable bonds is 6. The predicted octanol–water partition coefficient (Wildman–Crippen LogP) is 2.48. The molecule has 7 nitrogen and oxygen atoms in total. The minimum atomic E-state index is -3.75. The average molecular weight is 428 g/mol. The third-order valence-corrected chi connectivity index (χ3v) is 7.04. The fourth-order valence-electron chi connectivity index (χ4n) is 3.60. The van der Waals surface area contributed by atoms with Gasteiger partial charge in [-0.3, -0.25) is 4.79 Å². The van der Waals surface area contributed by atoms with Crippen molar-refractivity contribution in [2.24, 2.45) is 0 Å². The van der Waals surface area contributed by atoms with Gasteiger partial charge in [-0.2, -0.15) is 4.31 Å². The molecule has 1 amide bonds. The second-order valence-electron chi connectivity index (χ2n) is 7.06. The number of halogens is 1. The van der Waals surface area contributed by atoms with Gasteiger partial charge in [0.1, 0.15) is 11.9 Å². The Bertz CT molecular complexity index is 1130. The van der Waals surface area contributed by atoms with Crippen LogP contribution >= 0.6 is 0 Å². The molecule has 2 aromatic carbocycles. The van der Waals surface area contributed by atoms with E-state index in [1.807, 2.05) is 0 Å². The number of amides is 1. The number of hydrogen-bond donors (Lipinski definition) is 1. The van der Waals surface area contributed by atoms with E-state index in [2.05, 4.69) is 10.3 Å². The molecular formula is C21H21FN4O3S. The molecule has 1 atom stereocenters. The molecule has 0 radical (unpaired) electrons. The average Bonchev–Trinajstić information content (AvgIpc) is 3.45. The summed E-state index contributed by atoms with van der Waals surface area (Å²) in [5.74, 6) is -0.819. The van der Waals surface area contributed by atoms with E-state index >= 15 is 0 Å². The summed E-state index contributed by atoms with van der Waals surface area (Å²) >= 11 is 0. The lowest BCUT2D eigenvalue weighted by Gasteiger charge is -2.23. The van der Waals surface area contributed by atoms with Crippen molar-refractivity contribution < 1.29 is 17.6 Å². The molecule has 1 fully saturated rings. The van der Waals surface area contributed by atoms with Crippen molar-refractivity contribution >= 4 is 15.9 Å². The molecule has 2 heterocycles. The first-order valence-corrected chi connectivity index (χ1v) is 11.0. The molecular weight excluding hydrogens is 407 g/mol. The fraction of sp³-hybridized carbons (Fsp3) is 0.238. The topological polar surface area (TPSA) is 84.3 Å². The number of nitrogens with zero attached hydrogens (tertiary/aromatic N) is 3. The van der Waals surface area contributed by atoms with E-state index in [4.69, 9.17) is 0 Å². The minimum absolute atomic E-state index is 0.107. The Balaban J connectivity index is 1.44. The Morgan fingerprint density at radius 2 is 2.00 bits per heavy atom. The van der Waals surface area contributed by atoms with Crippen LogP contribution in [0.3, 0.4) is 0 Å².